The minimum absolute atomic E-state index is 0.116. The number of carbonyl (C=O) groups is 2. The third-order valence-corrected chi connectivity index (χ3v) is 6.65. The van der Waals surface area contributed by atoms with Crippen LogP contribution in [0.15, 0.2) is 27.8 Å². The van der Waals surface area contributed by atoms with Crippen LogP contribution in [0.3, 0.4) is 0 Å². The van der Waals surface area contributed by atoms with Crippen molar-refractivity contribution in [1.29, 1.82) is 0 Å². The average molecular weight is 485 g/mol. The number of hydrogen-bond donors (Lipinski definition) is 2. The monoisotopic (exact) mass is 484 g/mol. The number of carbonyl (C=O) groups excluding carboxylic acids is 2. The number of fused-ring (bicyclic) bond motifs is 1. The van der Waals surface area contributed by atoms with Gasteiger partial charge in [-0.15, -0.1) is 0 Å². The van der Waals surface area contributed by atoms with E-state index in [1.165, 1.54) is 4.57 Å². The molecule has 190 valence electrons. The summed E-state index contributed by atoms with van der Waals surface area (Å²) in [7, 11) is 0. The Balaban J connectivity index is 1.58. The van der Waals surface area contributed by atoms with Crippen molar-refractivity contribution < 1.29 is 14.3 Å². The fraction of sp³-hybridized carbons (Fsp3) is 0.615. The topological polar surface area (TPSA) is 111 Å². The first-order valence-corrected chi connectivity index (χ1v) is 12.5. The Hall–Kier alpha value is -3.10. The number of benzene rings is 1. The summed E-state index contributed by atoms with van der Waals surface area (Å²) in [4.78, 5) is 51.7. The molecule has 2 saturated carbocycles. The van der Waals surface area contributed by atoms with Crippen molar-refractivity contribution >= 4 is 28.6 Å². The molecule has 1 aromatic heterocycles. The second kappa shape index (κ2) is 9.51. The molecule has 2 aliphatic carbocycles. The van der Waals surface area contributed by atoms with E-state index in [4.69, 9.17) is 4.74 Å². The van der Waals surface area contributed by atoms with Gasteiger partial charge in [-0.2, -0.15) is 0 Å². The molecule has 2 atom stereocenters. The van der Waals surface area contributed by atoms with E-state index >= 15 is 0 Å². The van der Waals surface area contributed by atoms with Gasteiger partial charge in [0.1, 0.15) is 5.60 Å². The van der Waals surface area contributed by atoms with Crippen LogP contribution >= 0.6 is 0 Å². The van der Waals surface area contributed by atoms with Gasteiger partial charge in [0.2, 0.25) is 5.91 Å². The molecular weight excluding hydrogens is 448 g/mol. The highest BCUT2D eigenvalue weighted by Gasteiger charge is 2.35. The molecule has 2 N–H and O–H groups in total. The van der Waals surface area contributed by atoms with Crippen molar-refractivity contribution in [2.45, 2.75) is 91.0 Å². The third kappa shape index (κ3) is 5.60. The number of aromatic nitrogens is 2. The van der Waals surface area contributed by atoms with Gasteiger partial charge >= 0.3 is 11.8 Å². The summed E-state index contributed by atoms with van der Waals surface area (Å²) in [6.45, 7) is 9.64. The lowest BCUT2D eigenvalue weighted by atomic mass is 10.0. The van der Waals surface area contributed by atoms with Gasteiger partial charge in [0.05, 0.1) is 16.8 Å². The standard InChI is InChI=1S/C26H36N4O5/c1-15(2)30-21-12-11-17(13-19(21)23(32)29(25(30)34)14-16-9-10-16)27-22(31)18-7-6-8-20(18)28-24(33)35-26(3,4)5/h11-13,15-16,18,20H,6-10,14H2,1-5H3,(H,27,31)(H,28,33)/t18-,20+/m0/s1. The zero-order valence-corrected chi connectivity index (χ0v) is 21.2. The molecule has 0 spiro atoms. The summed E-state index contributed by atoms with van der Waals surface area (Å²) in [5, 5.41) is 6.17. The smallest absolute Gasteiger partial charge is 0.407 e. The maximum Gasteiger partial charge on any atom is 0.407 e. The predicted molar refractivity (Wildman–Crippen MR) is 135 cm³/mol. The van der Waals surface area contributed by atoms with Gasteiger partial charge in [0.25, 0.3) is 5.56 Å². The maximum absolute atomic E-state index is 13.2. The molecule has 9 heteroatoms. The highest BCUT2D eigenvalue weighted by atomic mass is 16.6. The molecule has 0 bridgehead atoms. The summed E-state index contributed by atoms with van der Waals surface area (Å²) in [6, 6.07) is 4.67. The summed E-state index contributed by atoms with van der Waals surface area (Å²) in [5.74, 6) is -0.231. The van der Waals surface area contributed by atoms with Crippen molar-refractivity contribution in [2.24, 2.45) is 11.8 Å². The van der Waals surface area contributed by atoms with Crippen LogP contribution in [0.4, 0.5) is 10.5 Å². The van der Waals surface area contributed by atoms with E-state index < -0.39 is 17.6 Å². The van der Waals surface area contributed by atoms with E-state index in [1.54, 1.807) is 43.5 Å². The summed E-state index contributed by atoms with van der Waals surface area (Å²) in [5.41, 5.74) is -0.173. The molecule has 0 saturated heterocycles. The highest BCUT2D eigenvalue weighted by Crippen LogP contribution is 2.30. The second-order valence-corrected chi connectivity index (χ2v) is 11.1. The van der Waals surface area contributed by atoms with Gasteiger partial charge in [-0.3, -0.25) is 18.7 Å². The molecule has 0 unspecified atom stereocenters. The number of alkyl carbamates (subject to hydrolysis) is 1. The van der Waals surface area contributed by atoms with Gasteiger partial charge in [-0.05, 0) is 84.4 Å². The van der Waals surface area contributed by atoms with E-state index in [9.17, 15) is 19.2 Å². The van der Waals surface area contributed by atoms with Crippen molar-refractivity contribution in [1.82, 2.24) is 14.5 Å². The Labute approximate surface area is 204 Å². The molecule has 2 fully saturated rings. The molecule has 2 amide bonds. The Morgan fingerprint density at radius 3 is 2.46 bits per heavy atom. The van der Waals surface area contributed by atoms with Crippen molar-refractivity contribution in [2.75, 3.05) is 5.32 Å². The third-order valence-electron chi connectivity index (χ3n) is 6.65. The summed E-state index contributed by atoms with van der Waals surface area (Å²) >= 11 is 0. The number of anilines is 1. The number of ether oxygens (including phenoxy) is 1. The van der Waals surface area contributed by atoms with Crippen LogP contribution in [0.25, 0.3) is 10.9 Å². The number of hydrogen-bond acceptors (Lipinski definition) is 5. The minimum atomic E-state index is -0.616. The predicted octanol–water partition coefficient (Wildman–Crippen LogP) is 3.79. The van der Waals surface area contributed by atoms with Crippen LogP contribution in [0.5, 0.6) is 0 Å². The fourth-order valence-electron chi connectivity index (χ4n) is 4.82. The highest BCUT2D eigenvalue weighted by molar-refractivity contribution is 5.95. The summed E-state index contributed by atoms with van der Waals surface area (Å²) < 4.78 is 8.32. The average Bonchev–Trinajstić information content (AvgIpc) is 3.45. The molecule has 0 aliphatic heterocycles. The van der Waals surface area contributed by atoms with Crippen LogP contribution in [0, 0.1) is 11.8 Å². The van der Waals surface area contributed by atoms with E-state index in [0.717, 1.165) is 19.3 Å². The van der Waals surface area contributed by atoms with Crippen molar-refractivity contribution in [3.05, 3.63) is 39.0 Å². The molecule has 35 heavy (non-hydrogen) atoms. The molecule has 1 heterocycles. The van der Waals surface area contributed by atoms with Crippen LogP contribution in [-0.4, -0.2) is 32.8 Å². The Kier molecular flexibility index (Phi) is 6.79. The largest absolute Gasteiger partial charge is 0.444 e. The lowest BCUT2D eigenvalue weighted by Gasteiger charge is -2.24. The molecule has 9 nitrogen and oxygen atoms in total. The van der Waals surface area contributed by atoms with Crippen molar-refractivity contribution in [3.63, 3.8) is 0 Å². The van der Waals surface area contributed by atoms with Crippen LogP contribution < -0.4 is 21.9 Å². The molecule has 2 aliphatic rings. The summed E-state index contributed by atoms with van der Waals surface area (Å²) in [6.07, 6.45) is 3.70. The zero-order valence-electron chi connectivity index (χ0n) is 21.2. The first-order valence-electron chi connectivity index (χ1n) is 12.5. The number of rotatable bonds is 6. The second-order valence-electron chi connectivity index (χ2n) is 11.1. The lowest BCUT2D eigenvalue weighted by molar-refractivity contribution is -0.120. The normalized spacial score (nSPS) is 20.3. The minimum Gasteiger partial charge on any atom is -0.444 e. The SMILES string of the molecule is CC(C)n1c(=O)n(CC2CC2)c(=O)c2cc(NC(=O)[C@H]3CCC[C@H]3NC(=O)OC(C)(C)C)ccc21. The van der Waals surface area contributed by atoms with Gasteiger partial charge in [0.15, 0.2) is 0 Å². The Morgan fingerprint density at radius 2 is 1.83 bits per heavy atom. The first-order chi connectivity index (χ1) is 16.4. The quantitative estimate of drug-likeness (QED) is 0.648. The fourth-order valence-corrected chi connectivity index (χ4v) is 4.82. The van der Waals surface area contributed by atoms with Crippen molar-refractivity contribution in [3.8, 4) is 0 Å². The Morgan fingerprint density at radius 1 is 1.11 bits per heavy atom. The van der Waals surface area contributed by atoms with E-state index in [2.05, 4.69) is 10.6 Å². The van der Waals surface area contributed by atoms with Gasteiger partial charge < -0.3 is 15.4 Å². The molecule has 4 rings (SSSR count). The van der Waals surface area contributed by atoms with E-state index in [1.807, 2.05) is 13.8 Å². The van der Waals surface area contributed by atoms with Crippen LogP contribution in [0.2, 0.25) is 0 Å². The molecule has 0 radical (unpaired) electrons. The Bertz CT molecular complexity index is 1250. The zero-order chi connectivity index (χ0) is 25.5. The van der Waals surface area contributed by atoms with Crippen LogP contribution in [0.1, 0.15) is 72.8 Å². The maximum atomic E-state index is 13.2. The molecule has 1 aromatic carbocycles. The van der Waals surface area contributed by atoms with Gasteiger partial charge in [0, 0.05) is 24.3 Å². The van der Waals surface area contributed by atoms with E-state index in [-0.39, 0.29) is 29.2 Å². The number of nitrogens with zero attached hydrogens (tertiary/aromatic N) is 2. The molecule has 2 aromatic rings. The van der Waals surface area contributed by atoms with Gasteiger partial charge in [-0.1, -0.05) is 6.42 Å². The number of nitrogens with one attached hydrogen (secondary N) is 2. The van der Waals surface area contributed by atoms with E-state index in [0.29, 0.717) is 41.9 Å². The van der Waals surface area contributed by atoms with Gasteiger partial charge in [-0.25, -0.2) is 9.59 Å². The lowest BCUT2D eigenvalue weighted by Crippen LogP contribution is -2.44. The molecular formula is C26H36N4O5. The first kappa shape index (κ1) is 25.0. The van der Waals surface area contributed by atoms with Crippen LogP contribution in [-0.2, 0) is 16.1 Å². The number of amides is 2.